The zero-order valence-electron chi connectivity index (χ0n) is 11.0. The number of aromatic nitrogens is 2. The van der Waals surface area contributed by atoms with Gasteiger partial charge in [-0.1, -0.05) is 11.6 Å². The maximum absolute atomic E-state index is 12.0. The zero-order chi connectivity index (χ0) is 14.5. The van der Waals surface area contributed by atoms with Crippen LogP contribution in [0.1, 0.15) is 10.5 Å². The van der Waals surface area contributed by atoms with Crippen molar-refractivity contribution in [3.05, 3.63) is 41.3 Å². The second-order valence-corrected chi connectivity index (χ2v) is 4.24. The minimum absolute atomic E-state index is 0.197. The lowest BCUT2D eigenvalue weighted by molar-refractivity contribution is 0.102. The third-order valence-corrected chi connectivity index (χ3v) is 2.89. The van der Waals surface area contributed by atoms with Crippen LogP contribution in [0.15, 0.2) is 30.6 Å². The van der Waals surface area contributed by atoms with E-state index < -0.39 is 5.91 Å². The molecule has 6 nitrogen and oxygen atoms in total. The monoisotopic (exact) mass is 292 g/mol. The predicted octanol–water partition coefficient (Wildman–Crippen LogP) is 2.43. The molecule has 0 saturated carbocycles. The third kappa shape index (κ3) is 3.16. The molecule has 0 bridgehead atoms. The number of anilines is 2. The van der Waals surface area contributed by atoms with Gasteiger partial charge in [0.05, 0.1) is 30.2 Å². The number of nitrogens with zero attached hydrogens (tertiary/aromatic N) is 2. The summed E-state index contributed by atoms with van der Waals surface area (Å²) >= 11 is 6.02. The number of methoxy groups -OCH3 is 1. The Kier molecular flexibility index (Phi) is 4.37. The second-order valence-electron chi connectivity index (χ2n) is 3.84. The molecule has 2 aromatic rings. The number of carbonyl (C=O) groups is 1. The first-order chi connectivity index (χ1) is 9.63. The van der Waals surface area contributed by atoms with Crippen molar-refractivity contribution in [2.45, 2.75) is 0 Å². The summed E-state index contributed by atoms with van der Waals surface area (Å²) in [7, 11) is 3.26. The van der Waals surface area contributed by atoms with Gasteiger partial charge in [-0.3, -0.25) is 4.79 Å². The molecule has 2 rings (SSSR count). The van der Waals surface area contributed by atoms with Crippen molar-refractivity contribution in [1.29, 1.82) is 0 Å². The van der Waals surface area contributed by atoms with Crippen molar-refractivity contribution in [2.75, 3.05) is 24.8 Å². The first-order valence-corrected chi connectivity index (χ1v) is 6.16. The van der Waals surface area contributed by atoms with E-state index in [2.05, 4.69) is 20.6 Å². The Hall–Kier alpha value is -2.34. The van der Waals surface area contributed by atoms with Crippen molar-refractivity contribution < 1.29 is 9.53 Å². The Balaban J connectivity index is 2.18. The Labute approximate surface area is 121 Å². The normalized spacial score (nSPS) is 9.95. The van der Waals surface area contributed by atoms with Gasteiger partial charge in [0.2, 0.25) is 0 Å². The molecule has 0 aliphatic heterocycles. The van der Waals surface area contributed by atoms with Gasteiger partial charge in [-0.05, 0) is 12.1 Å². The number of nitrogens with one attached hydrogen (secondary N) is 2. The fourth-order valence-electron chi connectivity index (χ4n) is 1.49. The van der Waals surface area contributed by atoms with Crippen LogP contribution < -0.4 is 15.4 Å². The van der Waals surface area contributed by atoms with Gasteiger partial charge in [0, 0.05) is 13.1 Å². The fraction of sp³-hybridized carbons (Fsp3) is 0.154. The van der Waals surface area contributed by atoms with E-state index in [0.717, 1.165) is 0 Å². The van der Waals surface area contributed by atoms with Crippen molar-refractivity contribution in [2.24, 2.45) is 0 Å². The van der Waals surface area contributed by atoms with Gasteiger partial charge in [0.15, 0.2) is 0 Å². The van der Waals surface area contributed by atoms with E-state index in [1.165, 1.54) is 19.5 Å². The van der Waals surface area contributed by atoms with Crippen LogP contribution >= 0.6 is 11.6 Å². The van der Waals surface area contributed by atoms with Crippen LogP contribution in [0.5, 0.6) is 5.75 Å². The summed E-state index contributed by atoms with van der Waals surface area (Å²) in [6.45, 7) is 0. The van der Waals surface area contributed by atoms with E-state index in [1.54, 1.807) is 25.2 Å². The van der Waals surface area contributed by atoms with Gasteiger partial charge in [0.1, 0.15) is 17.3 Å². The third-order valence-electron chi connectivity index (χ3n) is 2.56. The number of hydrogen-bond donors (Lipinski definition) is 2. The topological polar surface area (TPSA) is 76.1 Å². The molecule has 20 heavy (non-hydrogen) atoms. The highest BCUT2D eigenvalue weighted by Gasteiger charge is 2.11. The van der Waals surface area contributed by atoms with Crippen LogP contribution in [-0.2, 0) is 0 Å². The largest absolute Gasteiger partial charge is 0.497 e. The van der Waals surface area contributed by atoms with Crippen LogP contribution in [0.25, 0.3) is 0 Å². The molecule has 104 valence electrons. The summed E-state index contributed by atoms with van der Waals surface area (Å²) in [6.07, 6.45) is 2.86. The smallest absolute Gasteiger partial charge is 0.275 e. The van der Waals surface area contributed by atoms with Gasteiger partial charge in [-0.15, -0.1) is 0 Å². The number of halogens is 1. The fourth-order valence-corrected chi connectivity index (χ4v) is 1.65. The molecule has 1 heterocycles. The molecule has 0 aliphatic carbocycles. The highest BCUT2D eigenvalue weighted by atomic mass is 35.5. The average Bonchev–Trinajstić information content (AvgIpc) is 2.49. The SMILES string of the molecule is CNc1cnc(C(=O)Nc2cc(OC)ccc2Cl)cn1. The maximum Gasteiger partial charge on any atom is 0.275 e. The second kappa shape index (κ2) is 6.21. The number of rotatable bonds is 4. The molecule has 1 aromatic carbocycles. The Morgan fingerprint density at radius 3 is 2.70 bits per heavy atom. The highest BCUT2D eigenvalue weighted by Crippen LogP contribution is 2.26. The minimum atomic E-state index is -0.393. The molecule has 1 amide bonds. The lowest BCUT2D eigenvalue weighted by Crippen LogP contribution is -2.14. The van der Waals surface area contributed by atoms with Crippen LogP contribution in [0.3, 0.4) is 0 Å². The van der Waals surface area contributed by atoms with Crippen LogP contribution in [-0.4, -0.2) is 30.0 Å². The molecule has 0 radical (unpaired) electrons. The summed E-state index contributed by atoms with van der Waals surface area (Å²) in [6, 6.07) is 4.99. The summed E-state index contributed by atoms with van der Waals surface area (Å²) in [5, 5.41) is 5.90. The molecular formula is C13H13ClN4O2. The van der Waals surface area contributed by atoms with E-state index in [1.807, 2.05) is 0 Å². The number of hydrogen-bond acceptors (Lipinski definition) is 5. The Morgan fingerprint density at radius 2 is 2.10 bits per heavy atom. The van der Waals surface area contributed by atoms with Crippen molar-refractivity contribution >= 4 is 29.0 Å². The van der Waals surface area contributed by atoms with E-state index in [0.29, 0.717) is 22.3 Å². The quantitative estimate of drug-likeness (QED) is 0.905. The van der Waals surface area contributed by atoms with Crippen LogP contribution in [0.2, 0.25) is 5.02 Å². The number of ether oxygens (including phenoxy) is 1. The lowest BCUT2D eigenvalue weighted by Gasteiger charge is -2.08. The average molecular weight is 293 g/mol. The summed E-state index contributed by atoms with van der Waals surface area (Å²) in [4.78, 5) is 20.1. The molecule has 1 aromatic heterocycles. The van der Waals surface area contributed by atoms with Gasteiger partial charge in [-0.25, -0.2) is 9.97 Å². The van der Waals surface area contributed by atoms with Crippen LogP contribution in [0.4, 0.5) is 11.5 Å². The van der Waals surface area contributed by atoms with E-state index in [4.69, 9.17) is 16.3 Å². The maximum atomic E-state index is 12.0. The van der Waals surface area contributed by atoms with Gasteiger partial charge < -0.3 is 15.4 Å². The molecule has 0 atom stereocenters. The molecule has 7 heteroatoms. The molecule has 2 N–H and O–H groups in total. The van der Waals surface area contributed by atoms with E-state index >= 15 is 0 Å². The standard InChI is InChI=1S/C13H13ClN4O2/c1-15-12-7-16-11(6-17-12)13(19)18-10-5-8(20-2)3-4-9(10)14/h3-7H,1-2H3,(H,15,17)(H,18,19). The summed E-state index contributed by atoms with van der Waals surface area (Å²) in [5.74, 6) is 0.789. The first-order valence-electron chi connectivity index (χ1n) is 5.78. The highest BCUT2D eigenvalue weighted by molar-refractivity contribution is 6.34. The van der Waals surface area contributed by atoms with Crippen molar-refractivity contribution in [1.82, 2.24) is 9.97 Å². The molecule has 0 fully saturated rings. The van der Waals surface area contributed by atoms with Crippen molar-refractivity contribution in [3.63, 3.8) is 0 Å². The predicted molar refractivity (Wildman–Crippen MR) is 77.5 cm³/mol. The molecular weight excluding hydrogens is 280 g/mol. The number of amides is 1. The van der Waals surface area contributed by atoms with Crippen molar-refractivity contribution in [3.8, 4) is 5.75 Å². The minimum Gasteiger partial charge on any atom is -0.497 e. The molecule has 0 unspecified atom stereocenters. The van der Waals surface area contributed by atoms with Gasteiger partial charge in [-0.2, -0.15) is 0 Å². The number of carbonyl (C=O) groups excluding carboxylic acids is 1. The first kappa shape index (κ1) is 14.1. The van der Waals surface area contributed by atoms with Gasteiger partial charge >= 0.3 is 0 Å². The molecule has 0 aliphatic rings. The Bertz CT molecular complexity index is 616. The zero-order valence-corrected chi connectivity index (χ0v) is 11.7. The van der Waals surface area contributed by atoms with E-state index in [9.17, 15) is 4.79 Å². The van der Waals surface area contributed by atoms with E-state index in [-0.39, 0.29) is 5.69 Å². The van der Waals surface area contributed by atoms with Gasteiger partial charge in [0.25, 0.3) is 5.91 Å². The molecule has 0 saturated heterocycles. The number of benzene rings is 1. The van der Waals surface area contributed by atoms with Crippen LogP contribution in [0, 0.1) is 0 Å². The molecule has 0 spiro atoms. The Morgan fingerprint density at radius 1 is 1.30 bits per heavy atom. The lowest BCUT2D eigenvalue weighted by atomic mass is 10.3. The summed E-state index contributed by atoms with van der Waals surface area (Å²) in [5.41, 5.74) is 0.651. The summed E-state index contributed by atoms with van der Waals surface area (Å²) < 4.78 is 5.08.